The van der Waals surface area contributed by atoms with Crippen LogP contribution in [0.4, 0.5) is 0 Å². The van der Waals surface area contributed by atoms with Crippen molar-refractivity contribution in [1.29, 1.82) is 0 Å². The summed E-state index contributed by atoms with van der Waals surface area (Å²) < 4.78 is 5.07. The summed E-state index contributed by atoms with van der Waals surface area (Å²) in [6.07, 6.45) is 5.26. The number of pyridine rings is 1. The molecule has 7 nitrogen and oxygen atoms in total. The Morgan fingerprint density at radius 2 is 2.32 bits per heavy atom. The van der Waals surface area contributed by atoms with Crippen molar-refractivity contribution in [1.82, 2.24) is 19.9 Å². The van der Waals surface area contributed by atoms with Crippen LogP contribution in [0.1, 0.15) is 17.1 Å². The lowest BCUT2D eigenvalue weighted by atomic mass is 10.1. The van der Waals surface area contributed by atoms with Gasteiger partial charge in [-0.25, -0.2) is 4.98 Å². The number of hydrogen-bond acceptors (Lipinski definition) is 5. The van der Waals surface area contributed by atoms with E-state index in [4.69, 9.17) is 10.5 Å². The van der Waals surface area contributed by atoms with Gasteiger partial charge in [0.15, 0.2) is 0 Å². The molecule has 0 aliphatic carbocycles. The average molecular weight is 299 g/mol. The Morgan fingerprint density at radius 1 is 1.45 bits per heavy atom. The molecule has 3 rings (SSSR count). The molecule has 1 amide bonds. The number of fused-ring (bicyclic) bond motifs is 1. The van der Waals surface area contributed by atoms with Crippen molar-refractivity contribution >= 4 is 11.5 Å². The summed E-state index contributed by atoms with van der Waals surface area (Å²) in [5, 5.41) is 0. The first-order valence-electron chi connectivity index (χ1n) is 6.95. The minimum atomic E-state index is -0.139. The number of aromatic nitrogens is 3. The molecular formula is C15H17N5O2. The van der Waals surface area contributed by atoms with Crippen LogP contribution >= 0.6 is 0 Å². The van der Waals surface area contributed by atoms with Crippen LogP contribution < -0.4 is 10.5 Å². The molecule has 0 saturated heterocycles. The third kappa shape index (κ3) is 2.52. The van der Waals surface area contributed by atoms with Crippen molar-refractivity contribution in [3.8, 4) is 5.75 Å². The molecule has 1 aliphatic rings. The lowest BCUT2D eigenvalue weighted by Crippen LogP contribution is -2.36. The van der Waals surface area contributed by atoms with Crippen LogP contribution in [-0.4, -0.2) is 39.4 Å². The Bertz CT molecular complexity index is 705. The number of carbonyl (C=O) groups is 1. The third-order valence-electron chi connectivity index (χ3n) is 3.71. The fourth-order valence-electron chi connectivity index (χ4n) is 2.48. The van der Waals surface area contributed by atoms with Crippen LogP contribution in [0.15, 0.2) is 30.9 Å². The number of nitrogens with two attached hydrogens (primary N) is 1. The van der Waals surface area contributed by atoms with E-state index in [9.17, 15) is 4.79 Å². The second-order valence-corrected chi connectivity index (χ2v) is 4.97. The standard InChI is InChI=1S/C15H17N5O2/c1-22-10-2-3-12(17-7-10)11(6-16)15(21)20-5-4-13-14(8-20)19-9-18-13/h2-3,6-7,9H,4-5,8,16H2,1H3,(H,18,19)/b11-6+. The van der Waals surface area contributed by atoms with Gasteiger partial charge in [-0.2, -0.15) is 0 Å². The Hall–Kier alpha value is -2.83. The van der Waals surface area contributed by atoms with Crippen molar-refractivity contribution in [2.75, 3.05) is 13.7 Å². The van der Waals surface area contributed by atoms with Crippen LogP contribution in [0.5, 0.6) is 5.75 Å². The number of rotatable bonds is 3. The monoisotopic (exact) mass is 299 g/mol. The molecule has 114 valence electrons. The molecule has 22 heavy (non-hydrogen) atoms. The molecule has 0 atom stereocenters. The first kappa shape index (κ1) is 14.1. The predicted octanol–water partition coefficient (Wildman–Crippen LogP) is 0.698. The molecule has 0 fully saturated rings. The van der Waals surface area contributed by atoms with Crippen LogP contribution in [0.25, 0.3) is 5.57 Å². The highest BCUT2D eigenvalue weighted by atomic mass is 16.5. The van der Waals surface area contributed by atoms with E-state index in [2.05, 4.69) is 15.0 Å². The molecule has 1 aliphatic heterocycles. The first-order chi connectivity index (χ1) is 10.7. The number of nitrogens with zero attached hydrogens (tertiary/aromatic N) is 3. The minimum Gasteiger partial charge on any atom is -0.495 e. The molecule has 0 aromatic carbocycles. The minimum absolute atomic E-state index is 0.139. The van der Waals surface area contributed by atoms with Gasteiger partial charge < -0.3 is 20.4 Å². The molecule has 0 spiro atoms. The molecule has 3 N–H and O–H groups in total. The van der Waals surface area contributed by atoms with Gasteiger partial charge in [-0.05, 0) is 12.1 Å². The molecule has 7 heteroatoms. The summed E-state index contributed by atoms with van der Waals surface area (Å²) >= 11 is 0. The highest BCUT2D eigenvalue weighted by Gasteiger charge is 2.25. The van der Waals surface area contributed by atoms with Gasteiger partial charge in [0.05, 0.1) is 48.8 Å². The van der Waals surface area contributed by atoms with Crippen molar-refractivity contribution in [3.05, 3.63) is 47.9 Å². The number of carbonyl (C=O) groups excluding carboxylic acids is 1. The number of imidazole rings is 1. The van der Waals surface area contributed by atoms with Gasteiger partial charge in [0.2, 0.25) is 0 Å². The summed E-state index contributed by atoms with van der Waals surface area (Å²) in [4.78, 5) is 26.0. The van der Waals surface area contributed by atoms with Gasteiger partial charge in [0.25, 0.3) is 5.91 Å². The van der Waals surface area contributed by atoms with Gasteiger partial charge in [-0.1, -0.05) is 0 Å². The molecule has 2 aromatic rings. The maximum atomic E-state index is 12.7. The van der Waals surface area contributed by atoms with E-state index in [0.717, 1.165) is 17.8 Å². The summed E-state index contributed by atoms with van der Waals surface area (Å²) in [6, 6.07) is 3.48. The molecule has 0 saturated carbocycles. The number of amides is 1. The Labute approximate surface area is 127 Å². The number of ether oxygens (including phenoxy) is 1. The number of methoxy groups -OCH3 is 1. The maximum Gasteiger partial charge on any atom is 0.257 e. The van der Waals surface area contributed by atoms with Crippen molar-refractivity contribution in [3.63, 3.8) is 0 Å². The van der Waals surface area contributed by atoms with E-state index in [-0.39, 0.29) is 5.91 Å². The van der Waals surface area contributed by atoms with Crippen LogP contribution in [0.2, 0.25) is 0 Å². The van der Waals surface area contributed by atoms with Gasteiger partial charge in [-0.15, -0.1) is 0 Å². The Kier molecular flexibility index (Phi) is 3.78. The fraction of sp³-hybridized carbons (Fsp3) is 0.267. The normalized spacial score (nSPS) is 14.6. The molecule has 0 radical (unpaired) electrons. The van der Waals surface area contributed by atoms with E-state index >= 15 is 0 Å². The zero-order chi connectivity index (χ0) is 15.5. The predicted molar refractivity (Wildman–Crippen MR) is 80.7 cm³/mol. The second-order valence-electron chi connectivity index (χ2n) is 4.97. The summed E-state index contributed by atoms with van der Waals surface area (Å²) in [6.45, 7) is 1.12. The quantitative estimate of drug-likeness (QED) is 0.813. The number of hydrogen-bond donors (Lipinski definition) is 2. The first-order valence-corrected chi connectivity index (χ1v) is 6.95. The van der Waals surface area contributed by atoms with E-state index in [1.165, 1.54) is 6.20 Å². The Balaban J connectivity index is 1.80. The van der Waals surface area contributed by atoms with E-state index in [1.54, 1.807) is 36.7 Å². The second kappa shape index (κ2) is 5.88. The summed E-state index contributed by atoms with van der Waals surface area (Å²) in [5.74, 6) is 0.494. The highest BCUT2D eigenvalue weighted by molar-refractivity contribution is 6.18. The number of aromatic amines is 1. The molecule has 2 aromatic heterocycles. The largest absolute Gasteiger partial charge is 0.495 e. The van der Waals surface area contributed by atoms with E-state index in [0.29, 0.717) is 30.1 Å². The average Bonchev–Trinajstić information content (AvgIpc) is 3.03. The van der Waals surface area contributed by atoms with Gasteiger partial charge >= 0.3 is 0 Å². The maximum absolute atomic E-state index is 12.7. The fourth-order valence-corrected chi connectivity index (χ4v) is 2.48. The lowest BCUT2D eigenvalue weighted by molar-refractivity contribution is -0.126. The smallest absolute Gasteiger partial charge is 0.257 e. The molecule has 0 bridgehead atoms. The summed E-state index contributed by atoms with van der Waals surface area (Å²) in [7, 11) is 1.57. The highest BCUT2D eigenvalue weighted by Crippen LogP contribution is 2.21. The van der Waals surface area contributed by atoms with Crippen molar-refractivity contribution < 1.29 is 9.53 Å². The SMILES string of the molecule is COc1ccc(/C(=C\N)C(=O)N2CCc3nc[nH]c3C2)nc1. The van der Waals surface area contributed by atoms with Crippen LogP contribution in [-0.2, 0) is 17.8 Å². The van der Waals surface area contributed by atoms with E-state index in [1.807, 2.05) is 0 Å². The third-order valence-corrected chi connectivity index (χ3v) is 3.71. The molecule has 0 unspecified atom stereocenters. The zero-order valence-corrected chi connectivity index (χ0v) is 12.2. The van der Waals surface area contributed by atoms with Crippen LogP contribution in [0, 0.1) is 0 Å². The molecular weight excluding hydrogens is 282 g/mol. The van der Waals surface area contributed by atoms with Crippen LogP contribution in [0.3, 0.4) is 0 Å². The van der Waals surface area contributed by atoms with Crippen molar-refractivity contribution in [2.45, 2.75) is 13.0 Å². The summed E-state index contributed by atoms with van der Waals surface area (Å²) in [5.41, 5.74) is 8.56. The number of H-pyrrole nitrogens is 1. The van der Waals surface area contributed by atoms with E-state index < -0.39 is 0 Å². The van der Waals surface area contributed by atoms with Gasteiger partial charge in [0, 0.05) is 19.2 Å². The van der Waals surface area contributed by atoms with Crippen molar-refractivity contribution in [2.24, 2.45) is 5.73 Å². The topological polar surface area (TPSA) is 97.1 Å². The lowest BCUT2D eigenvalue weighted by Gasteiger charge is -2.27. The zero-order valence-electron chi connectivity index (χ0n) is 12.2. The van der Waals surface area contributed by atoms with Gasteiger partial charge in [0.1, 0.15) is 5.75 Å². The Morgan fingerprint density at radius 3 is 3.00 bits per heavy atom. The molecule has 3 heterocycles. The number of nitrogens with one attached hydrogen (secondary N) is 1. The van der Waals surface area contributed by atoms with Gasteiger partial charge in [-0.3, -0.25) is 9.78 Å².